The average Bonchev–Trinajstić information content (AvgIpc) is 2.25. The second-order valence-electron chi connectivity index (χ2n) is 4.02. The summed E-state index contributed by atoms with van der Waals surface area (Å²) < 4.78 is 5.77. The van der Waals surface area contributed by atoms with E-state index in [2.05, 4.69) is 16.9 Å². The smallest absolute Gasteiger partial charge is 0.237 e. The summed E-state index contributed by atoms with van der Waals surface area (Å²) in [4.78, 5) is 6.44. The summed E-state index contributed by atoms with van der Waals surface area (Å²) in [6, 6.07) is 3.63. The molecule has 0 amide bonds. The highest BCUT2D eigenvalue weighted by Crippen LogP contribution is 2.21. The van der Waals surface area contributed by atoms with Gasteiger partial charge in [0.05, 0.1) is 5.69 Å². The normalized spacial score (nSPS) is 19.0. The first kappa shape index (κ1) is 10.2. The van der Waals surface area contributed by atoms with Gasteiger partial charge >= 0.3 is 0 Å². The quantitative estimate of drug-likeness (QED) is 0.790. The number of hydrogen-bond acceptors (Lipinski definition) is 4. The molecule has 0 aliphatic carbocycles. The lowest BCUT2D eigenvalue weighted by atomic mass is 10.1. The summed E-state index contributed by atoms with van der Waals surface area (Å²) in [5.41, 5.74) is 6.39. The van der Waals surface area contributed by atoms with Gasteiger partial charge in [-0.05, 0) is 32.0 Å². The Balaban J connectivity index is 1.95. The third-order valence-corrected chi connectivity index (χ3v) is 2.74. The molecular formula is C11H17N3O. The van der Waals surface area contributed by atoms with E-state index in [0.29, 0.717) is 11.6 Å². The highest BCUT2D eigenvalue weighted by molar-refractivity contribution is 5.46. The van der Waals surface area contributed by atoms with Crippen molar-refractivity contribution in [2.45, 2.75) is 18.9 Å². The van der Waals surface area contributed by atoms with Gasteiger partial charge in [0.1, 0.15) is 6.10 Å². The number of pyridine rings is 1. The van der Waals surface area contributed by atoms with Gasteiger partial charge in [-0.3, -0.25) is 0 Å². The number of nitrogens with zero attached hydrogens (tertiary/aromatic N) is 2. The Morgan fingerprint density at radius 3 is 2.87 bits per heavy atom. The first-order valence-electron chi connectivity index (χ1n) is 5.31. The zero-order valence-corrected chi connectivity index (χ0v) is 9.02. The molecule has 1 aromatic rings. The molecule has 0 spiro atoms. The number of nitrogens with two attached hydrogens (primary N) is 1. The topological polar surface area (TPSA) is 51.4 Å². The second-order valence-corrected chi connectivity index (χ2v) is 4.02. The minimum absolute atomic E-state index is 0.262. The van der Waals surface area contributed by atoms with Crippen molar-refractivity contribution in [1.29, 1.82) is 0 Å². The molecule has 0 radical (unpaired) electrons. The van der Waals surface area contributed by atoms with Crippen LogP contribution in [0.4, 0.5) is 5.69 Å². The molecule has 0 unspecified atom stereocenters. The van der Waals surface area contributed by atoms with Gasteiger partial charge in [0.2, 0.25) is 5.88 Å². The van der Waals surface area contributed by atoms with Crippen LogP contribution in [0.25, 0.3) is 0 Å². The lowest BCUT2D eigenvalue weighted by Gasteiger charge is -2.29. The maximum absolute atomic E-state index is 5.77. The Labute approximate surface area is 90.0 Å². The molecule has 0 atom stereocenters. The van der Waals surface area contributed by atoms with E-state index in [1.165, 1.54) is 0 Å². The van der Waals surface area contributed by atoms with Crippen molar-refractivity contribution in [2.24, 2.45) is 0 Å². The van der Waals surface area contributed by atoms with E-state index in [-0.39, 0.29) is 6.10 Å². The maximum Gasteiger partial charge on any atom is 0.237 e. The molecule has 0 aromatic carbocycles. The maximum atomic E-state index is 5.77. The first-order valence-corrected chi connectivity index (χ1v) is 5.31. The fourth-order valence-corrected chi connectivity index (χ4v) is 1.76. The van der Waals surface area contributed by atoms with Gasteiger partial charge in [0.25, 0.3) is 0 Å². The Hall–Kier alpha value is -1.29. The number of hydrogen-bond donors (Lipinski definition) is 1. The van der Waals surface area contributed by atoms with Crippen molar-refractivity contribution in [3.8, 4) is 5.88 Å². The van der Waals surface area contributed by atoms with Gasteiger partial charge < -0.3 is 15.4 Å². The van der Waals surface area contributed by atoms with E-state index in [4.69, 9.17) is 10.5 Å². The van der Waals surface area contributed by atoms with Crippen molar-refractivity contribution >= 4 is 5.69 Å². The van der Waals surface area contributed by atoms with Gasteiger partial charge in [-0.1, -0.05) is 0 Å². The van der Waals surface area contributed by atoms with Crippen LogP contribution in [0.1, 0.15) is 12.8 Å². The number of rotatable bonds is 2. The Morgan fingerprint density at radius 2 is 2.20 bits per heavy atom. The Morgan fingerprint density at radius 1 is 1.47 bits per heavy atom. The Bertz CT molecular complexity index is 321. The van der Waals surface area contributed by atoms with E-state index in [0.717, 1.165) is 25.9 Å². The third kappa shape index (κ3) is 2.59. The number of likely N-dealkylation sites (tertiary alicyclic amines) is 1. The molecule has 4 heteroatoms. The number of ether oxygens (including phenoxy) is 1. The first-order chi connectivity index (χ1) is 7.25. The fraction of sp³-hybridized carbons (Fsp3) is 0.545. The van der Waals surface area contributed by atoms with Crippen LogP contribution in [0.15, 0.2) is 18.3 Å². The third-order valence-electron chi connectivity index (χ3n) is 2.74. The predicted octanol–water partition coefficient (Wildman–Crippen LogP) is 1.14. The van der Waals surface area contributed by atoms with Crippen LogP contribution in [0.2, 0.25) is 0 Å². The van der Waals surface area contributed by atoms with E-state index >= 15 is 0 Å². The molecule has 1 aliphatic rings. The predicted molar refractivity (Wildman–Crippen MR) is 59.8 cm³/mol. The van der Waals surface area contributed by atoms with Crippen molar-refractivity contribution in [2.75, 3.05) is 25.9 Å². The molecule has 1 aromatic heterocycles. The molecule has 1 saturated heterocycles. The zero-order valence-electron chi connectivity index (χ0n) is 9.02. The van der Waals surface area contributed by atoms with Gasteiger partial charge in [0, 0.05) is 19.3 Å². The SMILES string of the molecule is CN1CCC(Oc2ncccc2N)CC1. The van der Waals surface area contributed by atoms with Gasteiger partial charge in [-0.25, -0.2) is 4.98 Å². The molecule has 82 valence electrons. The zero-order chi connectivity index (χ0) is 10.7. The number of piperidine rings is 1. The highest BCUT2D eigenvalue weighted by atomic mass is 16.5. The number of nitrogen functional groups attached to an aromatic ring is 1. The van der Waals surface area contributed by atoms with Crippen molar-refractivity contribution < 1.29 is 4.74 Å². The van der Waals surface area contributed by atoms with Crippen LogP contribution in [-0.4, -0.2) is 36.1 Å². The van der Waals surface area contributed by atoms with E-state index in [1.54, 1.807) is 6.20 Å². The molecular weight excluding hydrogens is 190 g/mol. The molecule has 4 nitrogen and oxygen atoms in total. The lowest BCUT2D eigenvalue weighted by Crippen LogP contribution is -2.35. The standard InChI is InChI=1S/C11H17N3O/c1-14-7-4-9(5-8-14)15-11-10(12)3-2-6-13-11/h2-3,6,9H,4-5,7-8,12H2,1H3. The van der Waals surface area contributed by atoms with Crippen LogP contribution >= 0.6 is 0 Å². The average molecular weight is 207 g/mol. The summed E-state index contributed by atoms with van der Waals surface area (Å²) in [6.45, 7) is 2.16. The van der Waals surface area contributed by atoms with Crippen LogP contribution in [0.3, 0.4) is 0 Å². The van der Waals surface area contributed by atoms with Crippen LogP contribution in [-0.2, 0) is 0 Å². The van der Waals surface area contributed by atoms with Crippen molar-refractivity contribution in [3.05, 3.63) is 18.3 Å². The molecule has 2 heterocycles. The molecule has 15 heavy (non-hydrogen) atoms. The molecule has 1 fully saturated rings. The lowest BCUT2D eigenvalue weighted by molar-refractivity contribution is 0.111. The van der Waals surface area contributed by atoms with Crippen molar-refractivity contribution in [3.63, 3.8) is 0 Å². The van der Waals surface area contributed by atoms with E-state index in [1.807, 2.05) is 12.1 Å². The highest BCUT2D eigenvalue weighted by Gasteiger charge is 2.18. The van der Waals surface area contributed by atoms with E-state index in [9.17, 15) is 0 Å². The molecule has 0 bridgehead atoms. The minimum atomic E-state index is 0.262. The number of aromatic nitrogens is 1. The number of anilines is 1. The molecule has 2 rings (SSSR count). The largest absolute Gasteiger partial charge is 0.473 e. The minimum Gasteiger partial charge on any atom is -0.473 e. The monoisotopic (exact) mass is 207 g/mol. The molecule has 1 aliphatic heterocycles. The fourth-order valence-electron chi connectivity index (χ4n) is 1.76. The van der Waals surface area contributed by atoms with E-state index < -0.39 is 0 Å². The molecule has 0 saturated carbocycles. The van der Waals surface area contributed by atoms with Gasteiger partial charge in [-0.15, -0.1) is 0 Å². The van der Waals surface area contributed by atoms with Crippen molar-refractivity contribution in [1.82, 2.24) is 9.88 Å². The molecule has 2 N–H and O–H groups in total. The van der Waals surface area contributed by atoms with Gasteiger partial charge in [0.15, 0.2) is 0 Å². The summed E-state index contributed by atoms with van der Waals surface area (Å²) in [5, 5.41) is 0. The summed E-state index contributed by atoms with van der Waals surface area (Å²) >= 11 is 0. The van der Waals surface area contributed by atoms with Crippen LogP contribution < -0.4 is 10.5 Å². The van der Waals surface area contributed by atoms with Gasteiger partial charge in [-0.2, -0.15) is 0 Å². The van der Waals surface area contributed by atoms with Crippen LogP contribution in [0.5, 0.6) is 5.88 Å². The summed E-state index contributed by atoms with van der Waals surface area (Å²) in [5.74, 6) is 0.576. The Kier molecular flexibility index (Phi) is 3.06. The summed E-state index contributed by atoms with van der Waals surface area (Å²) in [6.07, 6.45) is 4.07. The second kappa shape index (κ2) is 4.49. The van der Waals surface area contributed by atoms with Crippen LogP contribution in [0, 0.1) is 0 Å². The summed E-state index contributed by atoms with van der Waals surface area (Å²) in [7, 11) is 2.13.